The lowest BCUT2D eigenvalue weighted by molar-refractivity contribution is 0.235. The molecule has 0 radical (unpaired) electrons. The Morgan fingerprint density at radius 2 is 1.71 bits per heavy atom. The molecule has 152 valence electrons. The van der Waals surface area contributed by atoms with Crippen molar-refractivity contribution in [1.29, 1.82) is 0 Å². The van der Waals surface area contributed by atoms with Gasteiger partial charge in [-0.25, -0.2) is 12.8 Å². The first kappa shape index (κ1) is 20.8. The van der Waals surface area contributed by atoms with Gasteiger partial charge in [0.2, 0.25) is 10.0 Å². The Bertz CT molecular complexity index is 905. The van der Waals surface area contributed by atoms with Crippen molar-refractivity contribution in [2.45, 2.75) is 51.1 Å². The van der Waals surface area contributed by atoms with Crippen molar-refractivity contribution in [3.05, 3.63) is 65.0 Å². The van der Waals surface area contributed by atoms with Crippen molar-refractivity contribution in [1.82, 2.24) is 4.31 Å². The summed E-state index contributed by atoms with van der Waals surface area (Å²) in [5.74, 6) is 0.145. The maximum atomic E-state index is 13.2. The zero-order valence-electron chi connectivity index (χ0n) is 16.8. The molecule has 0 saturated heterocycles. The van der Waals surface area contributed by atoms with E-state index in [0.717, 1.165) is 36.9 Å². The zero-order valence-corrected chi connectivity index (χ0v) is 17.6. The number of anilines is 1. The first-order chi connectivity index (χ1) is 13.3. The second-order valence-corrected chi connectivity index (χ2v) is 9.70. The molecule has 0 unspecified atom stereocenters. The van der Waals surface area contributed by atoms with E-state index in [4.69, 9.17) is 0 Å². The molecule has 6 heteroatoms. The standard InChI is InChI=1S/C22H29FN2O2S/c1-16-4-11-20(24-2)14-22(16)18-7-12-21(13-8-18)25(28(3,26)27)15-17-5-9-19(23)10-6-17/h4-6,9-11,14,18,21,24H,7-8,12-13,15H2,1-3H3. The number of halogens is 1. The third kappa shape index (κ3) is 4.92. The maximum absolute atomic E-state index is 13.2. The smallest absolute Gasteiger partial charge is 0.211 e. The number of rotatable bonds is 6. The average molecular weight is 405 g/mol. The molecule has 0 amide bonds. The van der Waals surface area contributed by atoms with Gasteiger partial charge in [0.25, 0.3) is 0 Å². The van der Waals surface area contributed by atoms with Crippen LogP contribution in [0.4, 0.5) is 10.1 Å². The molecule has 4 nitrogen and oxygen atoms in total. The molecule has 1 N–H and O–H groups in total. The van der Waals surface area contributed by atoms with Crippen LogP contribution in [-0.2, 0) is 16.6 Å². The van der Waals surface area contributed by atoms with Gasteiger partial charge in [0.15, 0.2) is 0 Å². The number of nitrogens with zero attached hydrogens (tertiary/aromatic N) is 1. The van der Waals surface area contributed by atoms with E-state index in [1.807, 2.05) is 7.05 Å². The normalized spacial score (nSPS) is 20.3. The van der Waals surface area contributed by atoms with Crippen LogP contribution < -0.4 is 5.32 Å². The largest absolute Gasteiger partial charge is 0.388 e. The summed E-state index contributed by atoms with van der Waals surface area (Å²) in [5, 5.41) is 3.20. The number of nitrogens with one attached hydrogen (secondary N) is 1. The fourth-order valence-corrected chi connectivity index (χ4v) is 5.33. The monoisotopic (exact) mass is 404 g/mol. The zero-order chi connectivity index (χ0) is 20.3. The molecule has 0 atom stereocenters. The van der Waals surface area contributed by atoms with Crippen molar-refractivity contribution in [3.63, 3.8) is 0 Å². The number of hydrogen-bond acceptors (Lipinski definition) is 3. The maximum Gasteiger partial charge on any atom is 0.211 e. The van der Waals surface area contributed by atoms with Crippen molar-refractivity contribution in [2.75, 3.05) is 18.6 Å². The molecule has 2 aromatic rings. The molecule has 3 rings (SSSR count). The van der Waals surface area contributed by atoms with Gasteiger partial charge >= 0.3 is 0 Å². The molecular weight excluding hydrogens is 375 g/mol. The Morgan fingerprint density at radius 3 is 2.29 bits per heavy atom. The second-order valence-electron chi connectivity index (χ2n) is 7.76. The van der Waals surface area contributed by atoms with E-state index in [-0.39, 0.29) is 11.9 Å². The molecule has 1 saturated carbocycles. The summed E-state index contributed by atoms with van der Waals surface area (Å²) in [6, 6.07) is 12.5. The van der Waals surface area contributed by atoms with Gasteiger partial charge in [-0.3, -0.25) is 0 Å². The molecule has 1 aliphatic rings. The highest BCUT2D eigenvalue weighted by molar-refractivity contribution is 7.88. The van der Waals surface area contributed by atoms with E-state index in [2.05, 4.69) is 30.4 Å². The number of sulfonamides is 1. The van der Waals surface area contributed by atoms with Gasteiger partial charge in [-0.1, -0.05) is 18.2 Å². The van der Waals surface area contributed by atoms with Crippen LogP contribution in [0, 0.1) is 12.7 Å². The van der Waals surface area contributed by atoms with E-state index >= 15 is 0 Å². The van der Waals surface area contributed by atoms with Gasteiger partial charge in [0.1, 0.15) is 5.82 Å². The van der Waals surface area contributed by atoms with Crippen LogP contribution >= 0.6 is 0 Å². The Hall–Kier alpha value is -1.92. The number of hydrogen-bond donors (Lipinski definition) is 1. The van der Waals surface area contributed by atoms with Gasteiger partial charge in [-0.05, 0) is 79.5 Å². The molecule has 0 aliphatic heterocycles. The van der Waals surface area contributed by atoms with Gasteiger partial charge in [-0.2, -0.15) is 4.31 Å². The lowest BCUT2D eigenvalue weighted by Gasteiger charge is -2.36. The minimum Gasteiger partial charge on any atom is -0.388 e. The quantitative estimate of drug-likeness (QED) is 0.762. The molecular formula is C22H29FN2O2S. The van der Waals surface area contributed by atoms with E-state index < -0.39 is 10.0 Å². The summed E-state index contributed by atoms with van der Waals surface area (Å²) in [5.41, 5.74) is 4.56. The van der Waals surface area contributed by atoms with E-state index in [9.17, 15) is 12.8 Å². The molecule has 0 heterocycles. The Kier molecular flexibility index (Phi) is 6.40. The molecule has 0 spiro atoms. The van der Waals surface area contributed by atoms with Gasteiger partial charge in [0.05, 0.1) is 6.26 Å². The second kappa shape index (κ2) is 8.62. The van der Waals surface area contributed by atoms with Crippen LogP contribution in [0.3, 0.4) is 0 Å². The van der Waals surface area contributed by atoms with Gasteiger partial charge < -0.3 is 5.32 Å². The molecule has 1 fully saturated rings. The summed E-state index contributed by atoms with van der Waals surface area (Å²) < 4.78 is 39.6. The topological polar surface area (TPSA) is 49.4 Å². The van der Waals surface area contributed by atoms with Crippen molar-refractivity contribution < 1.29 is 12.8 Å². The lowest BCUT2D eigenvalue weighted by Crippen LogP contribution is -2.41. The molecule has 28 heavy (non-hydrogen) atoms. The summed E-state index contributed by atoms with van der Waals surface area (Å²) in [4.78, 5) is 0. The van der Waals surface area contributed by atoms with Crippen LogP contribution in [0.25, 0.3) is 0 Å². The van der Waals surface area contributed by atoms with Gasteiger partial charge in [-0.15, -0.1) is 0 Å². The van der Waals surface area contributed by atoms with E-state index in [0.29, 0.717) is 12.5 Å². The van der Waals surface area contributed by atoms with Crippen LogP contribution in [0.2, 0.25) is 0 Å². The minimum absolute atomic E-state index is 0.0101. The van der Waals surface area contributed by atoms with Crippen LogP contribution in [0.15, 0.2) is 42.5 Å². The van der Waals surface area contributed by atoms with E-state index in [1.165, 1.54) is 29.5 Å². The lowest BCUT2D eigenvalue weighted by atomic mass is 9.80. The number of aryl methyl sites for hydroxylation is 1. The first-order valence-corrected chi connectivity index (χ1v) is 11.6. The fourth-order valence-electron chi connectivity index (χ4n) is 4.20. The predicted molar refractivity (Wildman–Crippen MR) is 113 cm³/mol. The van der Waals surface area contributed by atoms with E-state index in [1.54, 1.807) is 16.4 Å². The van der Waals surface area contributed by atoms with Crippen molar-refractivity contribution >= 4 is 15.7 Å². The Morgan fingerprint density at radius 1 is 1.07 bits per heavy atom. The van der Waals surface area contributed by atoms with Crippen LogP contribution in [-0.4, -0.2) is 32.1 Å². The van der Waals surface area contributed by atoms with Crippen LogP contribution in [0.1, 0.15) is 48.3 Å². The Labute approximate surface area is 167 Å². The van der Waals surface area contributed by atoms with Gasteiger partial charge in [0, 0.05) is 25.3 Å². The Balaban J connectivity index is 1.73. The van der Waals surface area contributed by atoms with Crippen molar-refractivity contribution in [3.8, 4) is 0 Å². The highest BCUT2D eigenvalue weighted by atomic mass is 32.2. The molecule has 0 bridgehead atoms. The SMILES string of the molecule is CNc1ccc(C)c(C2CCC(N(Cc3ccc(F)cc3)S(C)(=O)=O)CC2)c1. The minimum atomic E-state index is -3.34. The summed E-state index contributed by atoms with van der Waals surface area (Å²) in [6.07, 6.45) is 4.87. The highest BCUT2D eigenvalue weighted by Crippen LogP contribution is 2.38. The summed E-state index contributed by atoms with van der Waals surface area (Å²) >= 11 is 0. The third-order valence-corrected chi connectivity index (χ3v) is 7.07. The first-order valence-electron chi connectivity index (χ1n) is 9.77. The van der Waals surface area contributed by atoms with Crippen molar-refractivity contribution in [2.24, 2.45) is 0 Å². The van der Waals surface area contributed by atoms with Crippen LogP contribution in [0.5, 0.6) is 0 Å². The highest BCUT2D eigenvalue weighted by Gasteiger charge is 2.32. The summed E-state index contributed by atoms with van der Waals surface area (Å²) in [6.45, 7) is 2.43. The fraction of sp³-hybridized carbons (Fsp3) is 0.455. The number of benzene rings is 2. The third-order valence-electron chi connectivity index (χ3n) is 5.79. The molecule has 2 aromatic carbocycles. The summed E-state index contributed by atoms with van der Waals surface area (Å²) in [7, 11) is -1.42. The predicted octanol–water partition coefficient (Wildman–Crippen LogP) is 4.66. The molecule has 0 aromatic heterocycles. The molecule has 1 aliphatic carbocycles. The average Bonchev–Trinajstić information content (AvgIpc) is 2.67.